The first kappa shape index (κ1) is 30.4. The van der Waals surface area contributed by atoms with E-state index in [4.69, 9.17) is 34.8 Å². The summed E-state index contributed by atoms with van der Waals surface area (Å²) in [7, 11) is 0. The number of hydrogen-bond acceptors (Lipinski definition) is 2. The number of aryl methyl sites for hydroxylation is 2. The number of rotatable bonds is 2. The van der Waals surface area contributed by atoms with Crippen molar-refractivity contribution in [3.63, 3.8) is 0 Å². The van der Waals surface area contributed by atoms with E-state index in [2.05, 4.69) is 15.2 Å². The van der Waals surface area contributed by atoms with E-state index in [1.807, 2.05) is 66.9 Å². The van der Waals surface area contributed by atoms with Gasteiger partial charge in [-0.05, 0) is 84.6 Å². The second-order valence-corrected chi connectivity index (χ2v) is 12.8. The van der Waals surface area contributed by atoms with Gasteiger partial charge in [-0.2, -0.15) is 0 Å². The molecular formula is C36H28Cl3FN4O2. The molecule has 0 atom stereocenters. The highest BCUT2D eigenvalue weighted by Gasteiger charge is 2.27. The maximum Gasteiger partial charge on any atom is 0.268 e. The largest absolute Gasteiger partial charge is 0.349 e. The molecule has 0 saturated heterocycles. The lowest BCUT2D eigenvalue weighted by atomic mass is 10.0. The summed E-state index contributed by atoms with van der Waals surface area (Å²) < 4.78 is 17.4. The van der Waals surface area contributed by atoms with Gasteiger partial charge in [-0.1, -0.05) is 59.1 Å². The maximum atomic E-state index is 13.2. The normalized spacial score (nSPS) is 14.0. The van der Waals surface area contributed by atoms with Crippen molar-refractivity contribution < 1.29 is 14.0 Å². The highest BCUT2D eigenvalue weighted by Crippen LogP contribution is 2.39. The van der Waals surface area contributed by atoms with E-state index in [-0.39, 0.29) is 17.6 Å². The Balaban J connectivity index is 0.000000147. The molecule has 0 aliphatic carbocycles. The van der Waals surface area contributed by atoms with E-state index in [0.717, 1.165) is 67.4 Å². The molecule has 0 bridgehead atoms. The van der Waals surface area contributed by atoms with Crippen molar-refractivity contribution in [3.8, 4) is 22.3 Å². The highest BCUT2D eigenvalue weighted by molar-refractivity contribution is 6.33. The first-order valence-electron chi connectivity index (χ1n) is 14.9. The summed E-state index contributed by atoms with van der Waals surface area (Å²) in [5.41, 5.74) is 9.17. The molecule has 4 heterocycles. The van der Waals surface area contributed by atoms with Crippen LogP contribution in [0, 0.1) is 19.7 Å². The van der Waals surface area contributed by atoms with Crippen LogP contribution in [0.4, 0.5) is 4.39 Å². The third-order valence-electron chi connectivity index (χ3n) is 8.73. The second kappa shape index (κ2) is 11.8. The Bertz CT molecular complexity index is 2040. The number of carbonyl (C=O) groups is 2. The highest BCUT2D eigenvalue weighted by atomic mass is 35.5. The first-order valence-corrected chi connectivity index (χ1v) is 16.0. The van der Waals surface area contributed by atoms with Crippen LogP contribution >= 0.6 is 34.8 Å². The molecule has 0 radical (unpaired) electrons. The van der Waals surface area contributed by atoms with Gasteiger partial charge >= 0.3 is 0 Å². The van der Waals surface area contributed by atoms with Gasteiger partial charge in [0.1, 0.15) is 17.2 Å². The maximum absolute atomic E-state index is 13.2. The summed E-state index contributed by atoms with van der Waals surface area (Å²) >= 11 is 18.6. The molecule has 232 valence electrons. The van der Waals surface area contributed by atoms with E-state index in [9.17, 15) is 14.0 Å². The second-order valence-electron chi connectivity index (χ2n) is 11.5. The van der Waals surface area contributed by atoms with Crippen LogP contribution in [0.2, 0.25) is 15.1 Å². The molecule has 0 unspecified atom stereocenters. The molecule has 6 aromatic rings. The minimum atomic E-state index is -0.278. The number of aromatic nitrogens is 2. The Hall–Kier alpha value is -4.30. The Morgan fingerprint density at radius 1 is 0.609 bits per heavy atom. The van der Waals surface area contributed by atoms with E-state index >= 15 is 0 Å². The van der Waals surface area contributed by atoms with Crippen molar-refractivity contribution in [2.75, 3.05) is 13.1 Å². The van der Waals surface area contributed by atoms with Crippen LogP contribution < -0.4 is 10.6 Å². The predicted molar refractivity (Wildman–Crippen MR) is 184 cm³/mol. The van der Waals surface area contributed by atoms with Crippen LogP contribution in [0.1, 0.15) is 32.1 Å². The summed E-state index contributed by atoms with van der Waals surface area (Å²) in [6.07, 6.45) is 0. The summed E-state index contributed by atoms with van der Waals surface area (Å²) in [6, 6.07) is 21.7. The Kier molecular flexibility index (Phi) is 7.79. The fourth-order valence-corrected chi connectivity index (χ4v) is 7.26. The van der Waals surface area contributed by atoms with Gasteiger partial charge in [0.15, 0.2) is 0 Å². The number of benzene rings is 4. The molecule has 10 heteroatoms. The number of halogens is 4. The summed E-state index contributed by atoms with van der Waals surface area (Å²) in [5, 5.41) is 9.73. The molecule has 6 nitrogen and oxygen atoms in total. The number of amides is 2. The Morgan fingerprint density at radius 3 is 1.46 bits per heavy atom. The molecule has 4 aromatic carbocycles. The lowest BCUT2D eigenvalue weighted by molar-refractivity contribution is 0.0920. The average molecular weight is 674 g/mol. The molecule has 0 spiro atoms. The molecular weight excluding hydrogens is 646 g/mol. The SMILES string of the molecule is Cc1c2n(c3c(-c4ccc(Cl)cc4)cc(Cl)cc13)CCNC2=O.Cc1c2n(c3c(-c4ccc(F)cc4)cc(Cl)cc13)CCNC2=O. The summed E-state index contributed by atoms with van der Waals surface area (Å²) in [5.74, 6) is -0.367. The fourth-order valence-electron chi connectivity index (χ4n) is 6.70. The van der Waals surface area contributed by atoms with E-state index in [0.29, 0.717) is 40.4 Å². The van der Waals surface area contributed by atoms with Crippen molar-refractivity contribution in [2.45, 2.75) is 26.9 Å². The quantitative estimate of drug-likeness (QED) is 0.193. The predicted octanol–water partition coefficient (Wildman–Crippen LogP) is 8.82. The molecule has 8 rings (SSSR count). The van der Waals surface area contributed by atoms with Crippen LogP contribution in [0.3, 0.4) is 0 Å². The standard InChI is InChI=1S/C18H14Cl2N2O.C18H14ClFN2O/c1-10-14-8-13(20)9-15(11-2-4-12(19)5-3-11)17(14)22-7-6-21-18(23)16(10)22;1-10-14-8-12(19)9-15(11-2-4-13(20)5-3-11)17(14)22-7-6-21-18(23)16(10)22/h2*2-5,8-9H,6-7H2,1H3,(H,21,23). The molecule has 2 aliphatic heterocycles. The topological polar surface area (TPSA) is 68.1 Å². The lowest BCUT2D eigenvalue weighted by Crippen LogP contribution is -2.35. The Morgan fingerprint density at radius 2 is 1.02 bits per heavy atom. The zero-order valence-electron chi connectivity index (χ0n) is 25.0. The van der Waals surface area contributed by atoms with Crippen molar-refractivity contribution >= 4 is 68.4 Å². The molecule has 2 aromatic heterocycles. The number of hydrogen-bond donors (Lipinski definition) is 2. The minimum absolute atomic E-state index is 0.0249. The zero-order valence-corrected chi connectivity index (χ0v) is 27.2. The number of carbonyl (C=O) groups excluding carboxylic acids is 2. The fraction of sp³-hybridized carbons (Fsp3) is 0.167. The number of nitrogens with zero attached hydrogens (tertiary/aromatic N) is 2. The van der Waals surface area contributed by atoms with Crippen molar-refractivity contribution in [2.24, 2.45) is 0 Å². The van der Waals surface area contributed by atoms with Crippen LogP contribution in [0.25, 0.3) is 44.1 Å². The van der Waals surface area contributed by atoms with Gasteiger partial charge in [0.2, 0.25) is 0 Å². The lowest BCUT2D eigenvalue weighted by Gasteiger charge is -2.18. The van der Waals surface area contributed by atoms with Crippen molar-refractivity contribution in [3.05, 3.63) is 116 Å². The monoisotopic (exact) mass is 672 g/mol. The van der Waals surface area contributed by atoms with Gasteiger partial charge in [0.05, 0.1) is 11.0 Å². The average Bonchev–Trinajstić information content (AvgIpc) is 3.49. The number of fused-ring (bicyclic) bond motifs is 6. The van der Waals surface area contributed by atoms with Gasteiger partial charge in [-0.3, -0.25) is 9.59 Å². The minimum Gasteiger partial charge on any atom is -0.349 e. The molecule has 0 saturated carbocycles. The van der Waals surface area contributed by atoms with E-state index < -0.39 is 0 Å². The molecule has 46 heavy (non-hydrogen) atoms. The van der Waals surface area contributed by atoms with Gasteiger partial charge in [-0.25, -0.2) is 4.39 Å². The molecule has 2 N–H and O–H groups in total. The molecule has 0 fully saturated rings. The van der Waals surface area contributed by atoms with E-state index in [1.165, 1.54) is 12.1 Å². The van der Waals surface area contributed by atoms with Crippen LogP contribution in [0.15, 0.2) is 72.8 Å². The zero-order chi connectivity index (χ0) is 32.3. The summed E-state index contributed by atoms with van der Waals surface area (Å²) in [6.45, 7) is 6.61. The third kappa shape index (κ3) is 5.13. The van der Waals surface area contributed by atoms with Crippen LogP contribution in [0.5, 0.6) is 0 Å². The summed E-state index contributed by atoms with van der Waals surface area (Å²) in [4.78, 5) is 24.5. The van der Waals surface area contributed by atoms with Crippen molar-refractivity contribution in [1.29, 1.82) is 0 Å². The van der Waals surface area contributed by atoms with Gasteiger partial charge in [-0.15, -0.1) is 0 Å². The number of nitrogens with one attached hydrogen (secondary N) is 2. The molecule has 2 aliphatic rings. The van der Waals surface area contributed by atoms with Gasteiger partial charge in [0, 0.05) is 63.1 Å². The molecule has 2 amide bonds. The van der Waals surface area contributed by atoms with Gasteiger partial charge < -0.3 is 19.8 Å². The van der Waals surface area contributed by atoms with Crippen molar-refractivity contribution in [1.82, 2.24) is 19.8 Å². The Labute approximate surface area is 279 Å². The van der Waals surface area contributed by atoms with Crippen LogP contribution in [-0.4, -0.2) is 34.0 Å². The van der Waals surface area contributed by atoms with E-state index in [1.54, 1.807) is 12.1 Å². The van der Waals surface area contributed by atoms with Crippen LogP contribution in [-0.2, 0) is 13.1 Å². The third-order valence-corrected chi connectivity index (χ3v) is 9.42. The van der Waals surface area contributed by atoms with Gasteiger partial charge in [0.25, 0.3) is 11.8 Å². The smallest absolute Gasteiger partial charge is 0.268 e. The first-order chi connectivity index (χ1) is 22.1.